The van der Waals surface area contributed by atoms with Gasteiger partial charge in [-0.05, 0) is 62.6 Å². The Morgan fingerprint density at radius 2 is 1.49 bits per heavy atom. The van der Waals surface area contributed by atoms with Crippen LogP contribution in [0.15, 0.2) is 53.4 Å². The molecule has 0 saturated carbocycles. The molecule has 0 unspecified atom stereocenters. The van der Waals surface area contributed by atoms with Gasteiger partial charge in [-0.2, -0.15) is 17.5 Å². The van der Waals surface area contributed by atoms with Crippen molar-refractivity contribution in [1.82, 2.24) is 19.2 Å². The van der Waals surface area contributed by atoms with Gasteiger partial charge < -0.3 is 4.90 Å². The fourth-order valence-corrected chi connectivity index (χ4v) is 6.49. The van der Waals surface area contributed by atoms with Crippen LogP contribution in [0.3, 0.4) is 0 Å². The van der Waals surface area contributed by atoms with E-state index >= 15 is 0 Å². The normalized spacial score (nSPS) is 19.3. The second kappa shape index (κ2) is 10.2. The fourth-order valence-electron chi connectivity index (χ4n) is 5.07. The van der Waals surface area contributed by atoms with Gasteiger partial charge in [-0.1, -0.05) is 12.1 Å². The molecule has 2 aliphatic rings. The maximum Gasteiger partial charge on any atom is 0.416 e. The Hall–Kier alpha value is -2.76. The molecule has 7 nitrogen and oxygen atoms in total. The van der Waals surface area contributed by atoms with Crippen molar-refractivity contribution < 1.29 is 21.6 Å². The molecule has 0 radical (unpaired) electrons. The fraction of sp³-hybridized carbons (Fsp3) is 0.462. The van der Waals surface area contributed by atoms with Crippen molar-refractivity contribution in [2.45, 2.75) is 43.3 Å². The first-order chi connectivity index (χ1) is 17.6. The summed E-state index contributed by atoms with van der Waals surface area (Å²) in [5, 5.41) is 1.04. The zero-order valence-electron chi connectivity index (χ0n) is 20.7. The Bertz CT molecular complexity index is 1350. The zero-order valence-corrected chi connectivity index (χ0v) is 21.5. The summed E-state index contributed by atoms with van der Waals surface area (Å²) >= 11 is 0. The largest absolute Gasteiger partial charge is 0.416 e. The average molecular weight is 534 g/mol. The third-order valence-corrected chi connectivity index (χ3v) is 9.18. The van der Waals surface area contributed by atoms with Crippen LogP contribution in [0.2, 0.25) is 0 Å². The molecule has 0 spiro atoms. The van der Waals surface area contributed by atoms with E-state index in [4.69, 9.17) is 9.97 Å². The van der Waals surface area contributed by atoms with Gasteiger partial charge in [0.1, 0.15) is 11.6 Å². The number of alkyl halides is 3. The van der Waals surface area contributed by atoms with Crippen LogP contribution < -0.4 is 4.90 Å². The molecule has 37 heavy (non-hydrogen) atoms. The van der Waals surface area contributed by atoms with Crippen LogP contribution in [0.4, 0.5) is 19.0 Å². The number of rotatable bonds is 5. The number of para-hydroxylation sites is 1. The summed E-state index contributed by atoms with van der Waals surface area (Å²) in [6, 6.07) is 11.6. The summed E-state index contributed by atoms with van der Waals surface area (Å²) in [5.74, 6) is 1.66. The SMILES string of the molecule is C[C@@H](c1nc(N2CCCCC2)c2ccccc2n1)N1CCN(S(=O)(=O)c2ccc(C(F)(F)F)cc2)CC1. The lowest BCUT2D eigenvalue weighted by Gasteiger charge is -2.37. The third-order valence-electron chi connectivity index (χ3n) is 7.27. The van der Waals surface area contributed by atoms with Crippen LogP contribution in [0.1, 0.15) is 43.6 Å². The lowest BCUT2D eigenvalue weighted by atomic mass is 10.1. The maximum atomic E-state index is 13.1. The second-order valence-corrected chi connectivity index (χ2v) is 11.5. The molecule has 2 aromatic carbocycles. The van der Waals surface area contributed by atoms with Crippen LogP contribution in [0.25, 0.3) is 10.9 Å². The van der Waals surface area contributed by atoms with Crippen molar-refractivity contribution in [3.8, 4) is 0 Å². The monoisotopic (exact) mass is 533 g/mol. The van der Waals surface area contributed by atoms with Crippen molar-refractivity contribution in [2.24, 2.45) is 0 Å². The number of nitrogens with zero attached hydrogens (tertiary/aromatic N) is 5. The Morgan fingerprint density at radius 3 is 2.14 bits per heavy atom. The number of hydrogen-bond donors (Lipinski definition) is 0. The topological polar surface area (TPSA) is 69.6 Å². The standard InChI is InChI=1S/C26H30F3N5O2S/c1-19(24-30-23-8-4-3-7-22(23)25(31-24)33-13-5-2-6-14-33)32-15-17-34(18-16-32)37(35,36)21-11-9-20(10-12-21)26(27,28)29/h3-4,7-12,19H,2,5-6,13-18H2,1H3/t19-/m0/s1. The molecule has 1 atom stereocenters. The predicted octanol–water partition coefficient (Wildman–Crippen LogP) is 4.71. The highest BCUT2D eigenvalue weighted by Gasteiger charge is 2.34. The van der Waals surface area contributed by atoms with Gasteiger partial charge >= 0.3 is 6.18 Å². The molecular weight excluding hydrogens is 503 g/mol. The van der Waals surface area contributed by atoms with Gasteiger partial charge in [0.25, 0.3) is 0 Å². The van der Waals surface area contributed by atoms with E-state index in [2.05, 4.69) is 15.9 Å². The molecule has 3 aromatic rings. The lowest BCUT2D eigenvalue weighted by Crippen LogP contribution is -2.49. The number of anilines is 1. The molecule has 0 amide bonds. The summed E-state index contributed by atoms with van der Waals surface area (Å²) < 4.78 is 66.1. The Morgan fingerprint density at radius 1 is 0.838 bits per heavy atom. The minimum Gasteiger partial charge on any atom is -0.356 e. The zero-order chi connectivity index (χ0) is 26.2. The minimum atomic E-state index is -4.51. The molecule has 3 heterocycles. The molecule has 0 N–H and O–H groups in total. The van der Waals surface area contributed by atoms with Crippen LogP contribution in [0, 0.1) is 0 Å². The van der Waals surface area contributed by atoms with E-state index in [1.54, 1.807) is 0 Å². The quantitative estimate of drug-likeness (QED) is 0.473. The van der Waals surface area contributed by atoms with Crippen LogP contribution in [-0.4, -0.2) is 66.9 Å². The van der Waals surface area contributed by atoms with Crippen LogP contribution >= 0.6 is 0 Å². The number of halogens is 3. The average Bonchev–Trinajstić information content (AvgIpc) is 2.92. The molecule has 11 heteroatoms. The van der Waals surface area contributed by atoms with Gasteiger partial charge in [-0.15, -0.1) is 0 Å². The molecule has 2 saturated heterocycles. The molecule has 2 aliphatic heterocycles. The van der Waals surface area contributed by atoms with E-state index in [-0.39, 0.29) is 24.0 Å². The van der Waals surface area contributed by atoms with E-state index in [0.717, 1.165) is 66.9 Å². The Kier molecular flexibility index (Phi) is 7.12. The van der Waals surface area contributed by atoms with Gasteiger partial charge in [0.05, 0.1) is 22.0 Å². The summed E-state index contributed by atoms with van der Waals surface area (Å²) in [4.78, 5) is 14.2. The smallest absolute Gasteiger partial charge is 0.356 e. The van der Waals surface area contributed by atoms with E-state index in [1.165, 1.54) is 10.7 Å². The number of benzene rings is 2. The molecule has 5 rings (SSSR count). The molecule has 0 bridgehead atoms. The third kappa shape index (κ3) is 5.30. The maximum absolute atomic E-state index is 13.1. The molecule has 198 valence electrons. The number of piperidine rings is 1. The summed E-state index contributed by atoms with van der Waals surface area (Å²) in [7, 11) is -3.89. The first-order valence-corrected chi connectivity index (χ1v) is 14.0. The highest BCUT2D eigenvalue weighted by Crippen LogP contribution is 2.32. The van der Waals surface area contributed by atoms with Crippen molar-refractivity contribution >= 4 is 26.7 Å². The van der Waals surface area contributed by atoms with Crippen LogP contribution in [-0.2, 0) is 16.2 Å². The summed E-state index contributed by atoms with van der Waals surface area (Å²) in [6.45, 7) is 5.38. The highest BCUT2D eigenvalue weighted by molar-refractivity contribution is 7.89. The van der Waals surface area contributed by atoms with Crippen molar-refractivity contribution in [1.29, 1.82) is 0 Å². The molecular formula is C26H30F3N5O2S. The van der Waals surface area contributed by atoms with Gasteiger partial charge in [0, 0.05) is 44.7 Å². The van der Waals surface area contributed by atoms with Crippen molar-refractivity contribution in [3.63, 3.8) is 0 Å². The van der Waals surface area contributed by atoms with Gasteiger partial charge in [-0.3, -0.25) is 4.90 Å². The Labute approximate surface area is 215 Å². The minimum absolute atomic E-state index is 0.121. The summed E-state index contributed by atoms with van der Waals surface area (Å²) in [5.41, 5.74) is 0.0212. The van der Waals surface area contributed by atoms with E-state index < -0.39 is 21.8 Å². The number of hydrogen-bond acceptors (Lipinski definition) is 6. The first-order valence-electron chi connectivity index (χ1n) is 12.6. The molecule has 0 aliphatic carbocycles. The van der Waals surface area contributed by atoms with Gasteiger partial charge in [0.2, 0.25) is 10.0 Å². The van der Waals surface area contributed by atoms with Gasteiger partial charge in [0.15, 0.2) is 0 Å². The van der Waals surface area contributed by atoms with Crippen molar-refractivity contribution in [3.05, 3.63) is 59.9 Å². The van der Waals surface area contributed by atoms with E-state index in [0.29, 0.717) is 18.9 Å². The van der Waals surface area contributed by atoms with Gasteiger partial charge in [-0.25, -0.2) is 18.4 Å². The summed E-state index contributed by atoms with van der Waals surface area (Å²) in [6.07, 6.45) is -1.01. The van der Waals surface area contributed by atoms with E-state index in [9.17, 15) is 21.6 Å². The predicted molar refractivity (Wildman–Crippen MR) is 136 cm³/mol. The Balaban J connectivity index is 1.32. The number of aromatic nitrogens is 2. The highest BCUT2D eigenvalue weighted by atomic mass is 32.2. The first kappa shape index (κ1) is 25.9. The molecule has 1 aromatic heterocycles. The number of piperazine rings is 1. The molecule has 2 fully saturated rings. The number of fused-ring (bicyclic) bond motifs is 1. The lowest BCUT2D eigenvalue weighted by molar-refractivity contribution is -0.137. The van der Waals surface area contributed by atoms with E-state index in [1.807, 2.05) is 25.1 Å². The van der Waals surface area contributed by atoms with Crippen molar-refractivity contribution in [2.75, 3.05) is 44.2 Å². The second-order valence-electron chi connectivity index (χ2n) is 9.61. The van der Waals surface area contributed by atoms with Crippen LogP contribution in [0.5, 0.6) is 0 Å². The number of sulfonamides is 1.